The van der Waals surface area contributed by atoms with Crippen molar-refractivity contribution in [2.24, 2.45) is 17.8 Å². The van der Waals surface area contributed by atoms with Crippen LogP contribution in [-0.2, 0) is 4.79 Å². The van der Waals surface area contributed by atoms with Crippen LogP contribution in [0, 0.1) is 17.8 Å². The molecule has 1 aromatic heterocycles. The average molecular weight is 427 g/mol. The molecule has 3 fully saturated rings. The van der Waals surface area contributed by atoms with Crippen LogP contribution in [0.5, 0.6) is 0 Å². The molecule has 3 aliphatic rings. The molecule has 1 amide bonds. The van der Waals surface area contributed by atoms with E-state index >= 15 is 0 Å². The van der Waals surface area contributed by atoms with E-state index in [1.54, 1.807) is 6.20 Å². The molecule has 7 heteroatoms. The maximum absolute atomic E-state index is 12.8. The molecule has 0 spiro atoms. The summed E-state index contributed by atoms with van der Waals surface area (Å²) in [5.74, 6) is 2.54. The van der Waals surface area contributed by atoms with Gasteiger partial charge in [-0.25, -0.2) is 0 Å². The van der Waals surface area contributed by atoms with Crippen LogP contribution in [0.4, 0.5) is 5.69 Å². The average Bonchev–Trinajstić information content (AvgIpc) is 3.40. The van der Waals surface area contributed by atoms with Crippen LogP contribution in [0.15, 0.2) is 41.3 Å². The molecular weight excluding hydrogens is 400 g/mol. The predicted molar refractivity (Wildman–Crippen MR) is 117 cm³/mol. The fourth-order valence-corrected chi connectivity index (χ4v) is 5.82. The van der Waals surface area contributed by atoms with Crippen molar-refractivity contribution >= 4 is 23.2 Å². The number of carbonyl (C=O) groups is 1. The number of benzene rings is 1. The molecular formula is C23H27ClN4O2. The lowest BCUT2D eigenvalue weighted by molar-refractivity contribution is -0.132. The Balaban J connectivity index is 1.23. The molecule has 2 bridgehead atoms. The van der Waals surface area contributed by atoms with Crippen molar-refractivity contribution in [1.29, 1.82) is 0 Å². The highest BCUT2D eigenvalue weighted by Crippen LogP contribution is 2.49. The second-order valence-corrected chi connectivity index (χ2v) is 9.28. The largest absolute Gasteiger partial charge is 0.365 e. The highest BCUT2D eigenvalue weighted by molar-refractivity contribution is 6.33. The molecule has 1 saturated heterocycles. The van der Waals surface area contributed by atoms with Gasteiger partial charge in [0.15, 0.2) is 0 Å². The molecule has 0 N–H and O–H groups in total. The number of aromatic nitrogens is 2. The smallest absolute Gasteiger partial charge is 0.292 e. The van der Waals surface area contributed by atoms with Crippen LogP contribution in [0.3, 0.4) is 0 Å². The number of nitrogens with zero attached hydrogens (tertiary/aromatic N) is 4. The van der Waals surface area contributed by atoms with Crippen LogP contribution in [-0.4, -0.2) is 46.8 Å². The standard InChI is InChI=1S/C23H27ClN4O2/c24-22-20(15-25-28(23(22)30)19-4-2-1-3-5-19)26-8-10-27(11-9-26)21(29)14-18-13-16-6-7-17(18)12-16/h1-5,15-18H,6-14H2. The van der Waals surface area contributed by atoms with E-state index in [0.29, 0.717) is 49.9 Å². The topological polar surface area (TPSA) is 58.4 Å². The van der Waals surface area contributed by atoms with E-state index in [1.807, 2.05) is 35.2 Å². The molecule has 3 unspecified atom stereocenters. The number of halogens is 1. The maximum atomic E-state index is 12.8. The van der Waals surface area contributed by atoms with Crippen LogP contribution in [0.2, 0.25) is 5.02 Å². The molecule has 30 heavy (non-hydrogen) atoms. The lowest BCUT2D eigenvalue weighted by Gasteiger charge is -2.37. The lowest BCUT2D eigenvalue weighted by atomic mass is 9.86. The number of para-hydroxylation sites is 1. The van der Waals surface area contributed by atoms with Crippen molar-refractivity contribution in [3.05, 3.63) is 51.9 Å². The highest BCUT2D eigenvalue weighted by atomic mass is 35.5. The Morgan fingerprint density at radius 3 is 2.50 bits per heavy atom. The Morgan fingerprint density at radius 1 is 1.07 bits per heavy atom. The summed E-state index contributed by atoms with van der Waals surface area (Å²) in [6, 6.07) is 9.26. The van der Waals surface area contributed by atoms with E-state index < -0.39 is 0 Å². The molecule has 3 atom stereocenters. The predicted octanol–water partition coefficient (Wildman–Crippen LogP) is 3.36. The van der Waals surface area contributed by atoms with Crippen molar-refractivity contribution in [2.45, 2.75) is 32.1 Å². The summed E-state index contributed by atoms with van der Waals surface area (Å²) in [7, 11) is 0. The third-order valence-electron chi connectivity index (χ3n) is 7.20. The first-order valence-corrected chi connectivity index (χ1v) is 11.3. The first kappa shape index (κ1) is 19.6. The number of fused-ring (bicyclic) bond motifs is 2. The molecule has 2 aliphatic carbocycles. The van der Waals surface area contributed by atoms with E-state index in [0.717, 1.165) is 11.8 Å². The number of rotatable bonds is 4. The number of piperazine rings is 1. The molecule has 0 radical (unpaired) electrons. The Bertz CT molecular complexity index is 984. The number of anilines is 1. The Morgan fingerprint density at radius 2 is 1.83 bits per heavy atom. The van der Waals surface area contributed by atoms with Gasteiger partial charge in [0.05, 0.1) is 17.6 Å². The van der Waals surface area contributed by atoms with Crippen LogP contribution in [0.1, 0.15) is 32.1 Å². The summed E-state index contributed by atoms with van der Waals surface area (Å²) in [4.78, 5) is 29.6. The van der Waals surface area contributed by atoms with Gasteiger partial charge >= 0.3 is 0 Å². The zero-order valence-corrected chi connectivity index (χ0v) is 17.8. The van der Waals surface area contributed by atoms with Crippen molar-refractivity contribution in [3.8, 4) is 5.69 Å². The van der Waals surface area contributed by atoms with E-state index in [2.05, 4.69) is 10.00 Å². The minimum atomic E-state index is -0.324. The van der Waals surface area contributed by atoms with Gasteiger partial charge in [-0.05, 0) is 49.1 Å². The number of carbonyl (C=O) groups excluding carboxylic acids is 1. The summed E-state index contributed by atoms with van der Waals surface area (Å²) in [5, 5.41) is 4.50. The molecule has 6 nitrogen and oxygen atoms in total. The van der Waals surface area contributed by atoms with Crippen molar-refractivity contribution in [2.75, 3.05) is 31.1 Å². The third kappa shape index (κ3) is 3.62. The second-order valence-electron chi connectivity index (χ2n) is 8.90. The lowest BCUT2D eigenvalue weighted by Crippen LogP contribution is -2.49. The maximum Gasteiger partial charge on any atom is 0.292 e. The number of hydrogen-bond donors (Lipinski definition) is 0. The first-order valence-electron chi connectivity index (χ1n) is 11.0. The van der Waals surface area contributed by atoms with E-state index in [9.17, 15) is 9.59 Å². The summed E-state index contributed by atoms with van der Waals surface area (Å²) in [6.07, 6.45) is 7.63. The minimum Gasteiger partial charge on any atom is -0.365 e. The third-order valence-corrected chi connectivity index (χ3v) is 7.55. The molecule has 1 aliphatic heterocycles. The zero-order chi connectivity index (χ0) is 20.7. The molecule has 158 valence electrons. The van der Waals surface area contributed by atoms with Gasteiger partial charge in [-0.15, -0.1) is 0 Å². The number of amides is 1. The van der Waals surface area contributed by atoms with Gasteiger partial charge in [0.2, 0.25) is 5.91 Å². The van der Waals surface area contributed by atoms with E-state index in [1.165, 1.54) is 30.4 Å². The van der Waals surface area contributed by atoms with Crippen molar-refractivity contribution < 1.29 is 4.79 Å². The SMILES string of the molecule is O=C(CC1CC2CCC1C2)N1CCN(c2cnn(-c3ccccc3)c(=O)c2Cl)CC1. The summed E-state index contributed by atoms with van der Waals surface area (Å²) in [6.45, 7) is 2.66. The quantitative estimate of drug-likeness (QED) is 0.752. The fourth-order valence-electron chi connectivity index (χ4n) is 5.57. The van der Waals surface area contributed by atoms with Gasteiger partial charge < -0.3 is 9.80 Å². The molecule has 2 saturated carbocycles. The van der Waals surface area contributed by atoms with Crippen LogP contribution < -0.4 is 10.5 Å². The van der Waals surface area contributed by atoms with Gasteiger partial charge in [-0.3, -0.25) is 9.59 Å². The highest BCUT2D eigenvalue weighted by Gasteiger charge is 2.40. The van der Waals surface area contributed by atoms with Gasteiger partial charge in [-0.2, -0.15) is 9.78 Å². The van der Waals surface area contributed by atoms with Crippen molar-refractivity contribution in [3.63, 3.8) is 0 Å². The summed E-state index contributed by atoms with van der Waals surface area (Å²) >= 11 is 6.43. The van der Waals surface area contributed by atoms with Crippen molar-refractivity contribution in [1.82, 2.24) is 14.7 Å². The van der Waals surface area contributed by atoms with Gasteiger partial charge in [-0.1, -0.05) is 36.2 Å². The van der Waals surface area contributed by atoms with Gasteiger partial charge in [0.1, 0.15) is 5.02 Å². The van der Waals surface area contributed by atoms with Crippen LogP contribution >= 0.6 is 11.6 Å². The number of hydrogen-bond acceptors (Lipinski definition) is 4. The van der Waals surface area contributed by atoms with Gasteiger partial charge in [0.25, 0.3) is 5.56 Å². The molecule has 5 rings (SSSR count). The monoisotopic (exact) mass is 426 g/mol. The molecule has 2 heterocycles. The fraction of sp³-hybridized carbons (Fsp3) is 0.522. The Labute approximate surface area is 181 Å². The summed E-state index contributed by atoms with van der Waals surface area (Å²) < 4.78 is 1.32. The molecule has 2 aromatic rings. The van der Waals surface area contributed by atoms with Gasteiger partial charge in [0, 0.05) is 32.6 Å². The van der Waals surface area contributed by atoms with Crippen LogP contribution in [0.25, 0.3) is 5.69 Å². The summed E-state index contributed by atoms with van der Waals surface area (Å²) in [5.41, 5.74) is 1.01. The Kier molecular flexibility index (Phi) is 5.27. The minimum absolute atomic E-state index is 0.176. The second kappa shape index (κ2) is 8.06. The Hall–Kier alpha value is -2.34. The first-order chi connectivity index (χ1) is 14.6. The van der Waals surface area contributed by atoms with E-state index in [-0.39, 0.29) is 16.5 Å². The molecule has 1 aromatic carbocycles. The normalized spacial score (nSPS) is 25.7. The zero-order valence-electron chi connectivity index (χ0n) is 17.0. The van der Waals surface area contributed by atoms with E-state index in [4.69, 9.17) is 11.6 Å².